The highest BCUT2D eigenvalue weighted by atomic mass is 16.6. The molecule has 0 saturated carbocycles. The van der Waals surface area contributed by atoms with Gasteiger partial charge < -0.3 is 14.4 Å². The molecular formula is C15H25NO4. The van der Waals surface area contributed by atoms with Gasteiger partial charge in [-0.15, -0.1) is 0 Å². The molecule has 1 saturated heterocycles. The minimum absolute atomic E-state index is 0.181. The highest BCUT2D eigenvalue weighted by molar-refractivity contribution is 5.81. The Hall–Kier alpha value is -1.52. The summed E-state index contributed by atoms with van der Waals surface area (Å²) in [5, 5.41) is 0. The topological polar surface area (TPSA) is 55.8 Å². The molecule has 5 nitrogen and oxygen atoms in total. The van der Waals surface area contributed by atoms with Gasteiger partial charge in [-0.05, 0) is 46.5 Å². The summed E-state index contributed by atoms with van der Waals surface area (Å²) >= 11 is 0. The molecule has 0 aromatic heterocycles. The predicted octanol–water partition coefficient (Wildman–Crippen LogP) is 2.75. The Labute approximate surface area is 120 Å². The molecule has 0 bridgehead atoms. The van der Waals surface area contributed by atoms with Gasteiger partial charge in [-0.1, -0.05) is 6.08 Å². The Morgan fingerprint density at radius 1 is 1.35 bits per heavy atom. The highest BCUT2D eigenvalue weighted by Gasteiger charge is 2.26. The summed E-state index contributed by atoms with van der Waals surface area (Å²) in [5.41, 5.74) is -0.481. The monoisotopic (exact) mass is 283 g/mol. The first-order valence-electron chi connectivity index (χ1n) is 7.14. The number of carbonyl (C=O) groups excluding carboxylic acids is 2. The number of hydrogen-bond donors (Lipinski definition) is 0. The minimum atomic E-state index is -0.481. The zero-order valence-electron chi connectivity index (χ0n) is 12.8. The average Bonchev–Trinajstić information content (AvgIpc) is 2.35. The van der Waals surface area contributed by atoms with Crippen molar-refractivity contribution < 1.29 is 19.1 Å². The lowest BCUT2D eigenvalue weighted by molar-refractivity contribution is -0.137. The van der Waals surface area contributed by atoms with E-state index in [9.17, 15) is 9.59 Å². The number of ether oxygens (including phenoxy) is 2. The number of piperidine rings is 1. The van der Waals surface area contributed by atoms with E-state index >= 15 is 0 Å². The first-order chi connectivity index (χ1) is 9.31. The first kappa shape index (κ1) is 16.5. The van der Waals surface area contributed by atoms with Gasteiger partial charge in [0.05, 0.1) is 6.61 Å². The van der Waals surface area contributed by atoms with Gasteiger partial charge in [0.1, 0.15) is 5.60 Å². The van der Waals surface area contributed by atoms with Crippen LogP contribution in [0.4, 0.5) is 4.79 Å². The van der Waals surface area contributed by atoms with Crippen LogP contribution in [0.25, 0.3) is 0 Å². The van der Waals surface area contributed by atoms with Crippen molar-refractivity contribution in [2.24, 2.45) is 5.92 Å². The van der Waals surface area contributed by atoms with Gasteiger partial charge in [-0.25, -0.2) is 9.59 Å². The molecule has 1 aliphatic heterocycles. The van der Waals surface area contributed by atoms with Crippen LogP contribution in [-0.2, 0) is 14.3 Å². The predicted molar refractivity (Wildman–Crippen MR) is 76.3 cm³/mol. The normalized spacial score (nSPS) is 20.0. The molecule has 0 radical (unpaired) electrons. The van der Waals surface area contributed by atoms with Gasteiger partial charge in [0.2, 0.25) is 0 Å². The number of likely N-dealkylation sites (tertiary alicyclic amines) is 1. The van der Waals surface area contributed by atoms with Crippen LogP contribution < -0.4 is 0 Å². The number of hydrogen-bond acceptors (Lipinski definition) is 4. The lowest BCUT2D eigenvalue weighted by atomic mass is 9.98. The van der Waals surface area contributed by atoms with Crippen LogP contribution in [0, 0.1) is 5.92 Å². The SMILES string of the molecule is CCOC(=O)C=CC1CCCN(C(=O)OC(C)(C)C)C1. The molecule has 5 heteroatoms. The third-order valence-electron chi connectivity index (χ3n) is 2.90. The molecule has 1 heterocycles. The van der Waals surface area contributed by atoms with Gasteiger partial charge in [-0.3, -0.25) is 0 Å². The standard InChI is InChI=1S/C15H25NO4/c1-5-19-13(17)9-8-12-7-6-10-16(11-12)14(18)20-15(2,3)4/h8-9,12H,5-7,10-11H2,1-4H3. The van der Waals surface area contributed by atoms with Gasteiger partial charge in [0, 0.05) is 19.2 Å². The minimum Gasteiger partial charge on any atom is -0.463 e. The molecule has 20 heavy (non-hydrogen) atoms. The maximum Gasteiger partial charge on any atom is 0.410 e. The summed E-state index contributed by atoms with van der Waals surface area (Å²) in [6.45, 7) is 9.00. The van der Waals surface area contributed by atoms with E-state index in [4.69, 9.17) is 9.47 Å². The van der Waals surface area contributed by atoms with Crippen LogP contribution in [-0.4, -0.2) is 42.3 Å². The van der Waals surface area contributed by atoms with Crippen LogP contribution in [0.5, 0.6) is 0 Å². The van der Waals surface area contributed by atoms with Gasteiger partial charge in [-0.2, -0.15) is 0 Å². The third kappa shape index (κ3) is 6.08. The maximum atomic E-state index is 12.0. The van der Waals surface area contributed by atoms with Crippen molar-refractivity contribution in [3.63, 3.8) is 0 Å². The fraction of sp³-hybridized carbons (Fsp3) is 0.733. The zero-order valence-corrected chi connectivity index (χ0v) is 12.8. The quantitative estimate of drug-likeness (QED) is 0.590. The van der Waals surface area contributed by atoms with Crippen molar-refractivity contribution in [3.05, 3.63) is 12.2 Å². The molecule has 0 aliphatic carbocycles. The van der Waals surface area contributed by atoms with Crippen LogP contribution in [0.3, 0.4) is 0 Å². The number of esters is 1. The molecule has 1 aliphatic rings. The Morgan fingerprint density at radius 3 is 2.65 bits per heavy atom. The van der Waals surface area contributed by atoms with Crippen LogP contribution in [0.1, 0.15) is 40.5 Å². The second-order valence-corrected chi connectivity index (χ2v) is 5.94. The van der Waals surface area contributed by atoms with Crippen molar-refractivity contribution in [1.82, 2.24) is 4.90 Å². The van der Waals surface area contributed by atoms with Gasteiger partial charge in [0.15, 0.2) is 0 Å². The van der Waals surface area contributed by atoms with Crippen molar-refractivity contribution in [2.45, 2.75) is 46.1 Å². The van der Waals surface area contributed by atoms with Crippen LogP contribution >= 0.6 is 0 Å². The van der Waals surface area contributed by atoms with Crippen molar-refractivity contribution in [1.29, 1.82) is 0 Å². The summed E-state index contributed by atoms with van der Waals surface area (Å²) < 4.78 is 10.2. The molecule has 1 fully saturated rings. The highest BCUT2D eigenvalue weighted by Crippen LogP contribution is 2.20. The van der Waals surface area contributed by atoms with E-state index in [1.165, 1.54) is 6.08 Å². The van der Waals surface area contributed by atoms with E-state index in [0.29, 0.717) is 19.7 Å². The molecule has 1 atom stereocenters. The summed E-state index contributed by atoms with van der Waals surface area (Å²) in [6.07, 6.45) is 4.87. The smallest absolute Gasteiger partial charge is 0.410 e. The summed E-state index contributed by atoms with van der Waals surface area (Å²) in [7, 11) is 0. The van der Waals surface area contributed by atoms with E-state index in [1.807, 2.05) is 26.8 Å². The molecule has 0 spiro atoms. The summed E-state index contributed by atoms with van der Waals surface area (Å²) in [4.78, 5) is 25.0. The molecule has 1 amide bonds. The summed E-state index contributed by atoms with van der Waals surface area (Å²) in [5.74, 6) is -0.150. The molecule has 0 aromatic carbocycles. The maximum absolute atomic E-state index is 12.0. The molecule has 0 aromatic rings. The fourth-order valence-electron chi connectivity index (χ4n) is 2.06. The van der Waals surface area contributed by atoms with Crippen molar-refractivity contribution in [3.8, 4) is 0 Å². The van der Waals surface area contributed by atoms with Gasteiger partial charge in [0.25, 0.3) is 0 Å². The zero-order chi connectivity index (χ0) is 15.2. The number of amides is 1. The van der Waals surface area contributed by atoms with E-state index in [1.54, 1.807) is 11.8 Å². The van der Waals surface area contributed by atoms with E-state index < -0.39 is 5.60 Å². The first-order valence-corrected chi connectivity index (χ1v) is 7.14. The Balaban J connectivity index is 2.50. The van der Waals surface area contributed by atoms with Crippen LogP contribution in [0.15, 0.2) is 12.2 Å². The number of nitrogens with zero attached hydrogens (tertiary/aromatic N) is 1. The molecule has 1 unspecified atom stereocenters. The average molecular weight is 283 g/mol. The van der Waals surface area contributed by atoms with E-state index in [2.05, 4.69) is 0 Å². The Morgan fingerprint density at radius 2 is 2.05 bits per heavy atom. The Bertz CT molecular complexity index is 371. The molecule has 0 N–H and O–H groups in total. The van der Waals surface area contributed by atoms with Crippen molar-refractivity contribution in [2.75, 3.05) is 19.7 Å². The second kappa shape index (κ2) is 7.31. The lowest BCUT2D eigenvalue weighted by Crippen LogP contribution is -2.42. The van der Waals surface area contributed by atoms with Crippen LogP contribution in [0.2, 0.25) is 0 Å². The molecular weight excluding hydrogens is 258 g/mol. The fourth-order valence-corrected chi connectivity index (χ4v) is 2.06. The third-order valence-corrected chi connectivity index (χ3v) is 2.90. The van der Waals surface area contributed by atoms with E-state index in [0.717, 1.165) is 12.8 Å². The lowest BCUT2D eigenvalue weighted by Gasteiger charge is -2.33. The summed E-state index contributed by atoms with van der Waals surface area (Å²) in [6, 6.07) is 0. The number of carbonyl (C=O) groups is 2. The molecule has 1 rings (SSSR count). The Kier molecular flexibility index (Phi) is 6.05. The number of rotatable bonds is 3. The second-order valence-electron chi connectivity index (χ2n) is 5.94. The van der Waals surface area contributed by atoms with E-state index in [-0.39, 0.29) is 18.0 Å². The van der Waals surface area contributed by atoms with Crippen molar-refractivity contribution >= 4 is 12.1 Å². The molecule has 114 valence electrons. The van der Waals surface area contributed by atoms with Gasteiger partial charge >= 0.3 is 12.1 Å². The largest absolute Gasteiger partial charge is 0.463 e.